The Hall–Kier alpha value is -2.61. The lowest BCUT2D eigenvalue weighted by Gasteiger charge is -2.38. The van der Waals surface area contributed by atoms with E-state index in [-0.39, 0.29) is 37.7 Å². The number of benzene rings is 1. The van der Waals surface area contributed by atoms with Gasteiger partial charge in [0.1, 0.15) is 11.8 Å². The molecule has 1 aromatic carbocycles. The van der Waals surface area contributed by atoms with Crippen LogP contribution in [-0.2, 0) is 9.59 Å². The number of amides is 3. The highest BCUT2D eigenvalue weighted by molar-refractivity contribution is 6.01. The number of carbonyl (C=O) groups is 3. The highest BCUT2D eigenvalue weighted by atomic mass is 16.5. The van der Waals surface area contributed by atoms with Crippen LogP contribution in [0.2, 0.25) is 0 Å². The Kier molecular flexibility index (Phi) is 4.39. The van der Waals surface area contributed by atoms with Crippen LogP contribution >= 0.6 is 0 Å². The standard InChI is InChI=1S/C16H19N3O5/c1-24-13-4-2-3-10(5-13)17-16(23)19-9-11(20)6-14(19)15(22)18-7-12(21)8-18/h2-5,12,14,21H,6-9H2,1H3,(H,17,23)/t14-/m0/s1. The molecular formula is C16H19N3O5. The van der Waals surface area contributed by atoms with Gasteiger partial charge in [0.2, 0.25) is 5.91 Å². The van der Waals surface area contributed by atoms with E-state index in [1.54, 1.807) is 24.3 Å². The minimum Gasteiger partial charge on any atom is -0.497 e. The number of aliphatic hydroxyl groups is 1. The Balaban J connectivity index is 1.69. The fraction of sp³-hybridized carbons (Fsp3) is 0.438. The number of nitrogens with one attached hydrogen (secondary N) is 1. The highest BCUT2D eigenvalue weighted by Crippen LogP contribution is 2.22. The second-order valence-electron chi connectivity index (χ2n) is 5.95. The minimum absolute atomic E-state index is 0.0109. The molecule has 2 aliphatic rings. The van der Waals surface area contributed by atoms with Gasteiger partial charge in [-0.15, -0.1) is 0 Å². The maximum Gasteiger partial charge on any atom is 0.322 e. The molecule has 0 aromatic heterocycles. The Bertz CT molecular complexity index is 671. The van der Waals surface area contributed by atoms with E-state index in [1.807, 2.05) is 0 Å². The van der Waals surface area contributed by atoms with Crippen LogP contribution in [0.15, 0.2) is 24.3 Å². The number of hydrogen-bond donors (Lipinski definition) is 2. The molecule has 0 saturated carbocycles. The van der Waals surface area contributed by atoms with Crippen molar-refractivity contribution in [1.29, 1.82) is 0 Å². The van der Waals surface area contributed by atoms with Gasteiger partial charge in [-0.2, -0.15) is 0 Å². The average Bonchev–Trinajstić information content (AvgIpc) is 2.93. The van der Waals surface area contributed by atoms with Crippen LogP contribution in [0.5, 0.6) is 5.75 Å². The van der Waals surface area contributed by atoms with Crippen LogP contribution in [0, 0.1) is 0 Å². The summed E-state index contributed by atoms with van der Waals surface area (Å²) >= 11 is 0. The zero-order chi connectivity index (χ0) is 17.3. The molecule has 24 heavy (non-hydrogen) atoms. The van der Waals surface area contributed by atoms with Gasteiger partial charge in [0.15, 0.2) is 5.78 Å². The number of methoxy groups -OCH3 is 1. The zero-order valence-electron chi connectivity index (χ0n) is 13.3. The summed E-state index contributed by atoms with van der Waals surface area (Å²) in [7, 11) is 1.52. The molecular weight excluding hydrogens is 314 g/mol. The fourth-order valence-corrected chi connectivity index (χ4v) is 2.87. The predicted octanol–water partition coefficient (Wildman–Crippen LogP) is 0.0736. The van der Waals surface area contributed by atoms with E-state index >= 15 is 0 Å². The number of nitrogens with zero attached hydrogens (tertiary/aromatic N) is 2. The fourth-order valence-electron chi connectivity index (χ4n) is 2.87. The summed E-state index contributed by atoms with van der Waals surface area (Å²) in [5.41, 5.74) is 0.518. The number of aliphatic hydroxyl groups excluding tert-OH is 1. The Labute approximate surface area is 139 Å². The van der Waals surface area contributed by atoms with Crippen LogP contribution in [0.1, 0.15) is 6.42 Å². The minimum atomic E-state index is -0.810. The number of urea groups is 1. The van der Waals surface area contributed by atoms with E-state index in [4.69, 9.17) is 4.74 Å². The van der Waals surface area contributed by atoms with Crippen molar-refractivity contribution in [2.24, 2.45) is 0 Å². The van der Waals surface area contributed by atoms with Crippen molar-refractivity contribution < 1.29 is 24.2 Å². The maximum atomic E-state index is 12.5. The number of ketones is 1. The molecule has 2 aliphatic heterocycles. The molecule has 8 nitrogen and oxygen atoms in total. The molecule has 2 heterocycles. The average molecular weight is 333 g/mol. The largest absolute Gasteiger partial charge is 0.497 e. The van der Waals surface area contributed by atoms with E-state index in [0.29, 0.717) is 11.4 Å². The molecule has 1 atom stereocenters. The second kappa shape index (κ2) is 6.48. The van der Waals surface area contributed by atoms with Crippen LogP contribution in [0.4, 0.5) is 10.5 Å². The normalized spacial score (nSPS) is 20.8. The monoisotopic (exact) mass is 333 g/mol. The molecule has 1 aromatic rings. The van der Waals surface area contributed by atoms with Crippen molar-refractivity contribution in [3.63, 3.8) is 0 Å². The second-order valence-corrected chi connectivity index (χ2v) is 5.95. The molecule has 0 unspecified atom stereocenters. The van der Waals surface area contributed by atoms with Gasteiger partial charge >= 0.3 is 6.03 Å². The molecule has 0 aliphatic carbocycles. The number of likely N-dealkylation sites (tertiary alicyclic amines) is 2. The number of ether oxygens (including phenoxy) is 1. The Morgan fingerprint density at radius 2 is 2.08 bits per heavy atom. The van der Waals surface area contributed by atoms with Gasteiger partial charge in [0, 0.05) is 31.3 Å². The third-order valence-corrected chi connectivity index (χ3v) is 4.18. The summed E-state index contributed by atoms with van der Waals surface area (Å²) in [6, 6.07) is 5.51. The van der Waals surface area contributed by atoms with Crippen molar-refractivity contribution in [2.45, 2.75) is 18.6 Å². The van der Waals surface area contributed by atoms with Crippen LogP contribution in [0.3, 0.4) is 0 Å². The molecule has 2 saturated heterocycles. The van der Waals surface area contributed by atoms with Crippen molar-refractivity contribution in [3.8, 4) is 5.75 Å². The van der Waals surface area contributed by atoms with Gasteiger partial charge in [0.05, 0.1) is 19.8 Å². The number of hydrogen-bond acceptors (Lipinski definition) is 5. The van der Waals surface area contributed by atoms with Gasteiger partial charge in [-0.3, -0.25) is 9.59 Å². The third kappa shape index (κ3) is 3.18. The van der Waals surface area contributed by atoms with Gasteiger partial charge in [-0.1, -0.05) is 6.07 Å². The van der Waals surface area contributed by atoms with Crippen molar-refractivity contribution in [3.05, 3.63) is 24.3 Å². The van der Waals surface area contributed by atoms with Gasteiger partial charge in [-0.05, 0) is 12.1 Å². The SMILES string of the molecule is COc1cccc(NC(=O)N2CC(=O)C[C@H]2C(=O)N2CC(O)C2)c1. The molecule has 2 N–H and O–H groups in total. The lowest BCUT2D eigenvalue weighted by Crippen LogP contribution is -2.59. The van der Waals surface area contributed by atoms with E-state index < -0.39 is 18.2 Å². The number of carbonyl (C=O) groups excluding carboxylic acids is 3. The summed E-state index contributed by atoms with van der Waals surface area (Å²) in [6.45, 7) is 0.395. The topological polar surface area (TPSA) is 99.2 Å². The summed E-state index contributed by atoms with van der Waals surface area (Å²) in [6.07, 6.45) is -0.512. The first-order valence-electron chi connectivity index (χ1n) is 7.68. The van der Waals surface area contributed by atoms with E-state index in [9.17, 15) is 19.5 Å². The van der Waals surface area contributed by atoms with Crippen molar-refractivity contribution >= 4 is 23.4 Å². The predicted molar refractivity (Wildman–Crippen MR) is 84.7 cm³/mol. The molecule has 3 amide bonds. The van der Waals surface area contributed by atoms with E-state index in [2.05, 4.69) is 5.32 Å². The van der Waals surface area contributed by atoms with Crippen molar-refractivity contribution in [2.75, 3.05) is 32.1 Å². The maximum absolute atomic E-state index is 12.5. The van der Waals surface area contributed by atoms with Gasteiger partial charge < -0.3 is 25.0 Å². The molecule has 128 valence electrons. The number of rotatable bonds is 3. The van der Waals surface area contributed by atoms with Crippen LogP contribution in [0.25, 0.3) is 0 Å². The summed E-state index contributed by atoms with van der Waals surface area (Å²) in [5.74, 6) is 0.134. The Morgan fingerprint density at radius 3 is 2.75 bits per heavy atom. The molecule has 0 bridgehead atoms. The zero-order valence-corrected chi connectivity index (χ0v) is 13.3. The lowest BCUT2D eigenvalue weighted by molar-refractivity contribution is -0.145. The number of Topliss-reactive ketones (excluding diaryl/α,β-unsaturated/α-hetero) is 1. The molecule has 0 spiro atoms. The first-order chi connectivity index (χ1) is 11.5. The van der Waals surface area contributed by atoms with E-state index in [0.717, 1.165) is 0 Å². The van der Waals surface area contributed by atoms with E-state index in [1.165, 1.54) is 16.9 Å². The van der Waals surface area contributed by atoms with Gasteiger partial charge in [-0.25, -0.2) is 4.79 Å². The summed E-state index contributed by atoms with van der Waals surface area (Å²) in [4.78, 5) is 39.3. The first-order valence-corrected chi connectivity index (χ1v) is 7.68. The van der Waals surface area contributed by atoms with Crippen LogP contribution < -0.4 is 10.1 Å². The number of anilines is 1. The molecule has 3 rings (SSSR count). The quantitative estimate of drug-likeness (QED) is 0.816. The number of β-amino-alcohol motifs (C(OH)–C–C–N with tert-alkyl or cyclic N) is 1. The smallest absolute Gasteiger partial charge is 0.322 e. The molecule has 8 heteroatoms. The summed E-state index contributed by atoms with van der Waals surface area (Å²) in [5, 5.41) is 12.0. The third-order valence-electron chi connectivity index (χ3n) is 4.18. The highest BCUT2D eigenvalue weighted by Gasteiger charge is 2.43. The first kappa shape index (κ1) is 16.3. The molecule has 2 fully saturated rings. The van der Waals surface area contributed by atoms with Crippen LogP contribution in [-0.4, -0.2) is 71.5 Å². The Morgan fingerprint density at radius 1 is 1.33 bits per heavy atom. The molecule has 0 radical (unpaired) electrons. The van der Waals surface area contributed by atoms with Gasteiger partial charge in [0.25, 0.3) is 0 Å². The van der Waals surface area contributed by atoms with Crippen molar-refractivity contribution in [1.82, 2.24) is 9.80 Å². The summed E-state index contributed by atoms with van der Waals surface area (Å²) < 4.78 is 5.10. The lowest BCUT2D eigenvalue weighted by atomic mass is 10.1.